The minimum atomic E-state index is -0.282. The minimum absolute atomic E-state index is 0.134. The summed E-state index contributed by atoms with van der Waals surface area (Å²) in [4.78, 5) is 17.0. The molecule has 1 aliphatic rings. The molecular formula is C20H19FN2O. The summed E-state index contributed by atoms with van der Waals surface area (Å²) < 4.78 is 13.1. The van der Waals surface area contributed by atoms with E-state index < -0.39 is 0 Å². The molecule has 1 aliphatic heterocycles. The van der Waals surface area contributed by atoms with Crippen molar-refractivity contribution in [2.24, 2.45) is 10.9 Å². The van der Waals surface area contributed by atoms with Crippen molar-refractivity contribution in [1.82, 2.24) is 0 Å². The molecule has 4 heteroatoms. The van der Waals surface area contributed by atoms with Crippen LogP contribution in [0.3, 0.4) is 0 Å². The highest BCUT2D eigenvalue weighted by molar-refractivity contribution is 6.06. The predicted molar refractivity (Wildman–Crippen MR) is 95.4 cm³/mol. The van der Waals surface area contributed by atoms with E-state index in [-0.39, 0.29) is 17.6 Å². The second-order valence-electron chi connectivity index (χ2n) is 6.03. The molecule has 1 unspecified atom stereocenters. The van der Waals surface area contributed by atoms with Gasteiger partial charge in [0.25, 0.3) is 5.91 Å². The van der Waals surface area contributed by atoms with Crippen LogP contribution in [0.1, 0.15) is 20.3 Å². The van der Waals surface area contributed by atoms with Crippen molar-refractivity contribution in [3.63, 3.8) is 0 Å². The summed E-state index contributed by atoms with van der Waals surface area (Å²) in [5, 5.41) is 2.98. The SMILES string of the molecule is CC1=C(C(=O)Nc2ccccc2-c2ccc(F)cc2)CC(C)C=N1. The van der Waals surface area contributed by atoms with Crippen molar-refractivity contribution in [3.05, 3.63) is 65.6 Å². The molecular weight excluding hydrogens is 303 g/mol. The van der Waals surface area contributed by atoms with E-state index in [1.807, 2.05) is 44.3 Å². The van der Waals surface area contributed by atoms with Crippen LogP contribution in [0.4, 0.5) is 10.1 Å². The zero-order valence-electron chi connectivity index (χ0n) is 13.7. The first-order valence-electron chi connectivity index (χ1n) is 7.95. The Hall–Kier alpha value is -2.75. The van der Waals surface area contributed by atoms with Crippen LogP contribution in [-0.4, -0.2) is 12.1 Å². The molecule has 2 aromatic carbocycles. The van der Waals surface area contributed by atoms with Crippen molar-refractivity contribution < 1.29 is 9.18 Å². The van der Waals surface area contributed by atoms with E-state index in [1.54, 1.807) is 12.1 Å². The molecule has 1 N–H and O–H groups in total. The van der Waals surface area contributed by atoms with Gasteiger partial charge in [-0.2, -0.15) is 0 Å². The van der Waals surface area contributed by atoms with Crippen LogP contribution in [0, 0.1) is 11.7 Å². The lowest BCUT2D eigenvalue weighted by Crippen LogP contribution is -2.20. The number of hydrogen-bond donors (Lipinski definition) is 1. The van der Waals surface area contributed by atoms with Gasteiger partial charge < -0.3 is 5.32 Å². The smallest absolute Gasteiger partial charge is 0.253 e. The van der Waals surface area contributed by atoms with Gasteiger partial charge in [0.1, 0.15) is 5.82 Å². The van der Waals surface area contributed by atoms with E-state index in [4.69, 9.17) is 0 Å². The maximum Gasteiger partial charge on any atom is 0.253 e. The Morgan fingerprint density at radius 2 is 1.88 bits per heavy atom. The second kappa shape index (κ2) is 6.79. The Balaban J connectivity index is 1.90. The van der Waals surface area contributed by atoms with Crippen LogP contribution in [0.5, 0.6) is 0 Å². The van der Waals surface area contributed by atoms with E-state index in [1.165, 1.54) is 12.1 Å². The van der Waals surface area contributed by atoms with E-state index in [2.05, 4.69) is 10.3 Å². The average molecular weight is 322 g/mol. The molecule has 3 rings (SSSR count). The minimum Gasteiger partial charge on any atom is -0.322 e. The number of amides is 1. The van der Waals surface area contributed by atoms with Gasteiger partial charge in [-0.3, -0.25) is 9.79 Å². The highest BCUT2D eigenvalue weighted by Gasteiger charge is 2.19. The first-order chi connectivity index (χ1) is 11.5. The summed E-state index contributed by atoms with van der Waals surface area (Å²) >= 11 is 0. The van der Waals surface area contributed by atoms with Gasteiger partial charge in [0, 0.05) is 28.7 Å². The average Bonchev–Trinajstić information content (AvgIpc) is 2.58. The Morgan fingerprint density at radius 3 is 2.62 bits per heavy atom. The van der Waals surface area contributed by atoms with Crippen LogP contribution in [0.2, 0.25) is 0 Å². The van der Waals surface area contributed by atoms with Gasteiger partial charge in [0.2, 0.25) is 0 Å². The van der Waals surface area contributed by atoms with Gasteiger partial charge in [-0.1, -0.05) is 37.3 Å². The standard InChI is InChI=1S/C20H19FN2O/c1-13-11-18(14(2)22-12-13)20(24)23-19-6-4-3-5-17(19)15-7-9-16(21)10-8-15/h3-10,12-13H,11H2,1-2H3,(H,23,24). The normalized spacial score (nSPS) is 17.0. The molecule has 0 saturated carbocycles. The van der Waals surface area contributed by atoms with Crippen molar-refractivity contribution in [2.75, 3.05) is 5.32 Å². The number of nitrogens with zero attached hydrogens (tertiary/aromatic N) is 1. The summed E-state index contributed by atoms with van der Waals surface area (Å²) in [5.41, 5.74) is 3.88. The molecule has 0 aliphatic carbocycles. The predicted octanol–water partition coefficient (Wildman–Crippen LogP) is 4.82. The van der Waals surface area contributed by atoms with Crippen LogP contribution in [-0.2, 0) is 4.79 Å². The second-order valence-corrected chi connectivity index (χ2v) is 6.03. The number of rotatable bonds is 3. The summed E-state index contributed by atoms with van der Waals surface area (Å²) in [6.07, 6.45) is 2.55. The lowest BCUT2D eigenvalue weighted by molar-refractivity contribution is -0.113. The van der Waals surface area contributed by atoms with E-state index in [0.717, 1.165) is 16.8 Å². The number of halogens is 1. The molecule has 0 saturated heterocycles. The maximum absolute atomic E-state index is 13.1. The van der Waals surface area contributed by atoms with Crippen molar-refractivity contribution in [3.8, 4) is 11.1 Å². The summed E-state index contributed by atoms with van der Waals surface area (Å²) in [6.45, 7) is 3.89. The molecule has 0 fully saturated rings. The summed E-state index contributed by atoms with van der Waals surface area (Å²) in [6, 6.07) is 13.8. The molecule has 1 atom stereocenters. The fraction of sp³-hybridized carbons (Fsp3) is 0.200. The third-order valence-corrected chi connectivity index (χ3v) is 4.09. The topological polar surface area (TPSA) is 41.5 Å². The fourth-order valence-corrected chi connectivity index (χ4v) is 2.77. The first kappa shape index (κ1) is 16.1. The Labute approximate surface area is 140 Å². The highest BCUT2D eigenvalue weighted by Crippen LogP contribution is 2.29. The van der Waals surface area contributed by atoms with Crippen LogP contribution >= 0.6 is 0 Å². The van der Waals surface area contributed by atoms with Crippen molar-refractivity contribution >= 4 is 17.8 Å². The first-order valence-corrected chi connectivity index (χ1v) is 7.95. The third kappa shape index (κ3) is 3.43. The molecule has 122 valence electrons. The molecule has 0 aromatic heterocycles. The van der Waals surface area contributed by atoms with E-state index >= 15 is 0 Å². The lowest BCUT2D eigenvalue weighted by Gasteiger charge is -2.18. The zero-order chi connectivity index (χ0) is 17.1. The van der Waals surface area contributed by atoms with Crippen molar-refractivity contribution in [1.29, 1.82) is 0 Å². The molecule has 0 radical (unpaired) electrons. The van der Waals surface area contributed by atoms with Gasteiger partial charge in [0.15, 0.2) is 0 Å². The largest absolute Gasteiger partial charge is 0.322 e. The van der Waals surface area contributed by atoms with Crippen LogP contribution in [0.15, 0.2) is 64.8 Å². The fourth-order valence-electron chi connectivity index (χ4n) is 2.77. The van der Waals surface area contributed by atoms with Gasteiger partial charge >= 0.3 is 0 Å². The molecule has 0 bridgehead atoms. The molecule has 24 heavy (non-hydrogen) atoms. The van der Waals surface area contributed by atoms with Gasteiger partial charge in [-0.25, -0.2) is 4.39 Å². The number of nitrogens with one attached hydrogen (secondary N) is 1. The molecule has 3 nitrogen and oxygen atoms in total. The third-order valence-electron chi connectivity index (χ3n) is 4.09. The number of carbonyl (C=O) groups excluding carboxylic acids is 1. The number of anilines is 1. The Kier molecular flexibility index (Phi) is 4.56. The Bertz CT molecular complexity index is 822. The maximum atomic E-state index is 13.1. The van der Waals surface area contributed by atoms with Gasteiger partial charge in [-0.15, -0.1) is 0 Å². The van der Waals surface area contributed by atoms with Crippen molar-refractivity contribution in [2.45, 2.75) is 20.3 Å². The number of allylic oxidation sites excluding steroid dienone is 1. The van der Waals surface area contributed by atoms with Gasteiger partial charge in [0.05, 0.1) is 0 Å². The monoisotopic (exact) mass is 322 g/mol. The summed E-state index contributed by atoms with van der Waals surface area (Å²) in [5.74, 6) is -0.164. The highest BCUT2D eigenvalue weighted by atomic mass is 19.1. The zero-order valence-corrected chi connectivity index (χ0v) is 13.7. The lowest BCUT2D eigenvalue weighted by atomic mass is 9.97. The number of hydrogen-bond acceptors (Lipinski definition) is 2. The number of para-hydroxylation sites is 1. The number of aliphatic imine (C=N–C) groups is 1. The molecule has 0 spiro atoms. The summed E-state index contributed by atoms with van der Waals surface area (Å²) in [7, 11) is 0. The van der Waals surface area contributed by atoms with E-state index in [0.29, 0.717) is 17.7 Å². The van der Waals surface area contributed by atoms with Crippen LogP contribution < -0.4 is 5.32 Å². The Morgan fingerprint density at radius 1 is 1.17 bits per heavy atom. The molecule has 1 amide bonds. The van der Waals surface area contributed by atoms with E-state index in [9.17, 15) is 9.18 Å². The number of carbonyl (C=O) groups is 1. The number of benzene rings is 2. The van der Waals surface area contributed by atoms with Crippen LogP contribution in [0.25, 0.3) is 11.1 Å². The quantitative estimate of drug-likeness (QED) is 0.865. The van der Waals surface area contributed by atoms with Gasteiger partial charge in [-0.05, 0) is 43.0 Å². The molecule has 1 heterocycles. The molecule has 2 aromatic rings.